The fraction of sp³-hybridized carbons (Fsp3) is 0.556. The predicted molar refractivity (Wildman–Crippen MR) is 97.4 cm³/mol. The van der Waals surface area contributed by atoms with Crippen molar-refractivity contribution in [1.82, 2.24) is 0 Å². The number of terminal acetylenes is 1. The summed E-state index contributed by atoms with van der Waals surface area (Å²) < 4.78 is 32.2. The van der Waals surface area contributed by atoms with Gasteiger partial charge in [0.25, 0.3) is 0 Å². The third kappa shape index (κ3) is 4.09. The topological polar surface area (TPSA) is 27.7 Å². The number of halogens is 1. The fourth-order valence-electron chi connectivity index (χ4n) is 2.35. The van der Waals surface area contributed by atoms with Crippen molar-refractivity contribution < 1.29 is 18.4 Å². The first-order chi connectivity index (χ1) is 11.2. The summed E-state index contributed by atoms with van der Waals surface area (Å²) in [7, 11) is -1.000. The van der Waals surface area contributed by atoms with E-state index in [9.17, 15) is 0 Å². The Hall–Kier alpha value is -1.13. The van der Waals surface area contributed by atoms with Crippen LogP contribution in [-0.4, -0.2) is 31.5 Å². The Morgan fingerprint density at radius 3 is 2.42 bits per heavy atom. The molecule has 3 nitrogen and oxygen atoms in total. The minimum atomic E-state index is -1.000. The number of hydrogen-bond acceptors (Lipinski definition) is 4. The quantitative estimate of drug-likeness (QED) is 0.432. The maximum Gasteiger partial charge on any atom is 0.525 e. The highest BCUT2D eigenvalue weighted by Crippen LogP contribution is 2.41. The Kier molecular flexibility index (Phi) is 5.93. The van der Waals surface area contributed by atoms with Crippen LogP contribution in [0.3, 0.4) is 0 Å². The molecule has 0 aromatic carbocycles. The molecule has 1 aromatic rings. The van der Waals surface area contributed by atoms with Gasteiger partial charge in [-0.1, -0.05) is 5.92 Å². The number of ether oxygens (including phenoxy) is 1. The van der Waals surface area contributed by atoms with E-state index in [0.717, 1.165) is 9.75 Å². The van der Waals surface area contributed by atoms with Crippen LogP contribution in [0.1, 0.15) is 43.9 Å². The Morgan fingerprint density at radius 2 is 1.92 bits per heavy atom. The third-order valence-electron chi connectivity index (χ3n) is 4.47. The van der Waals surface area contributed by atoms with E-state index in [0.29, 0.717) is 18.6 Å². The maximum absolute atomic E-state index is 15.2. The maximum atomic E-state index is 15.2. The normalized spacial score (nSPS) is 20.0. The van der Waals surface area contributed by atoms with Crippen LogP contribution in [0, 0.1) is 19.3 Å². The van der Waals surface area contributed by atoms with E-state index in [-0.39, 0.29) is 12.3 Å². The molecular weight excluding hydrogens is 326 g/mol. The van der Waals surface area contributed by atoms with Crippen LogP contribution >= 0.6 is 11.3 Å². The summed E-state index contributed by atoms with van der Waals surface area (Å²) >= 11 is 1.54. The summed E-state index contributed by atoms with van der Waals surface area (Å²) in [5.41, 5.74) is -0.986. The van der Waals surface area contributed by atoms with Gasteiger partial charge in [-0.05, 0) is 58.7 Å². The van der Waals surface area contributed by atoms with Crippen LogP contribution in [0.25, 0.3) is 5.57 Å². The van der Waals surface area contributed by atoms with Gasteiger partial charge in [0.2, 0.25) is 0 Å². The van der Waals surface area contributed by atoms with Crippen molar-refractivity contribution in [3.05, 3.63) is 27.6 Å². The molecule has 24 heavy (non-hydrogen) atoms. The smallest absolute Gasteiger partial charge is 0.398 e. The molecule has 0 N–H and O–H groups in total. The lowest BCUT2D eigenvalue weighted by atomic mass is 9.83. The number of hydrogen-bond donors (Lipinski definition) is 0. The summed E-state index contributed by atoms with van der Waals surface area (Å²) in [4.78, 5) is 1.98. The van der Waals surface area contributed by atoms with E-state index in [2.05, 4.69) is 5.92 Å². The van der Waals surface area contributed by atoms with Crippen LogP contribution < -0.4 is 0 Å². The van der Waals surface area contributed by atoms with Crippen molar-refractivity contribution >= 4 is 24.0 Å². The number of rotatable bonds is 6. The fourth-order valence-corrected chi connectivity index (χ4v) is 3.29. The van der Waals surface area contributed by atoms with Crippen molar-refractivity contribution in [1.29, 1.82) is 0 Å². The minimum Gasteiger partial charge on any atom is -0.398 e. The van der Waals surface area contributed by atoms with Crippen LogP contribution in [0.4, 0.5) is 4.39 Å². The van der Waals surface area contributed by atoms with E-state index < -0.39 is 18.3 Å². The van der Waals surface area contributed by atoms with Crippen LogP contribution in [0.2, 0.25) is 0 Å². The largest absolute Gasteiger partial charge is 0.525 e. The van der Waals surface area contributed by atoms with Gasteiger partial charge in [-0.15, -0.1) is 17.8 Å². The SMILES string of the molecule is C#CCOCCC(=C(F)B1OC(C)(C)C(C)(C)O1)c1ccc(C)s1. The summed E-state index contributed by atoms with van der Waals surface area (Å²) in [5, 5.41) is 0. The molecule has 0 unspecified atom stereocenters. The van der Waals surface area contributed by atoms with Crippen molar-refractivity contribution in [2.75, 3.05) is 13.2 Å². The molecule has 1 aliphatic rings. The van der Waals surface area contributed by atoms with Gasteiger partial charge >= 0.3 is 7.12 Å². The zero-order chi connectivity index (χ0) is 18.0. The van der Waals surface area contributed by atoms with Gasteiger partial charge < -0.3 is 14.0 Å². The molecule has 0 saturated carbocycles. The van der Waals surface area contributed by atoms with E-state index >= 15 is 4.39 Å². The third-order valence-corrected chi connectivity index (χ3v) is 5.53. The summed E-state index contributed by atoms with van der Waals surface area (Å²) in [6.45, 7) is 10.2. The molecule has 0 amide bonds. The highest BCUT2D eigenvalue weighted by Gasteiger charge is 2.53. The Balaban J connectivity index is 2.27. The Morgan fingerprint density at radius 1 is 1.29 bits per heavy atom. The van der Waals surface area contributed by atoms with Gasteiger partial charge in [-0.3, -0.25) is 0 Å². The van der Waals surface area contributed by atoms with E-state index in [1.807, 2.05) is 46.8 Å². The molecule has 2 heterocycles. The number of aryl methyl sites for hydroxylation is 1. The zero-order valence-electron chi connectivity index (χ0n) is 14.9. The highest BCUT2D eigenvalue weighted by molar-refractivity contribution is 7.13. The van der Waals surface area contributed by atoms with E-state index in [1.54, 1.807) is 11.3 Å². The monoisotopic (exact) mass is 350 g/mol. The lowest BCUT2D eigenvalue weighted by Crippen LogP contribution is -2.41. The molecule has 1 saturated heterocycles. The lowest BCUT2D eigenvalue weighted by Gasteiger charge is -2.32. The van der Waals surface area contributed by atoms with Gasteiger partial charge in [-0.25, -0.2) is 4.39 Å². The van der Waals surface area contributed by atoms with Gasteiger partial charge in [0, 0.05) is 9.75 Å². The molecule has 0 radical (unpaired) electrons. The molecular formula is C18H24BFO3S. The summed E-state index contributed by atoms with van der Waals surface area (Å²) in [6, 6.07) is 3.89. The lowest BCUT2D eigenvalue weighted by molar-refractivity contribution is 0.00578. The van der Waals surface area contributed by atoms with Crippen LogP contribution in [0.5, 0.6) is 0 Å². The average molecular weight is 350 g/mol. The van der Waals surface area contributed by atoms with Crippen LogP contribution in [-0.2, 0) is 14.0 Å². The second-order valence-corrected chi connectivity index (χ2v) is 8.12. The van der Waals surface area contributed by atoms with Gasteiger partial charge in [0.05, 0.1) is 17.8 Å². The molecule has 130 valence electrons. The molecule has 0 bridgehead atoms. The van der Waals surface area contributed by atoms with Crippen molar-refractivity contribution in [3.63, 3.8) is 0 Å². The molecule has 0 aliphatic carbocycles. The molecule has 0 spiro atoms. The van der Waals surface area contributed by atoms with Gasteiger partial charge in [-0.2, -0.15) is 0 Å². The van der Waals surface area contributed by atoms with Crippen LogP contribution in [0.15, 0.2) is 17.9 Å². The second kappa shape index (κ2) is 7.41. The van der Waals surface area contributed by atoms with E-state index in [1.165, 1.54) is 0 Å². The average Bonchev–Trinajstić information content (AvgIpc) is 3.00. The van der Waals surface area contributed by atoms with Gasteiger partial charge in [0.1, 0.15) is 12.3 Å². The molecule has 6 heteroatoms. The number of thiophene rings is 1. The summed E-state index contributed by atoms with van der Waals surface area (Å²) in [6.07, 6.45) is 5.59. The standard InChI is InChI=1S/C18H24BFO3S/c1-7-11-21-12-10-14(15-9-8-13(2)24-15)16(20)19-22-17(3,4)18(5,6)23-19/h1,8-9H,10-12H2,2-6H3. The van der Waals surface area contributed by atoms with E-state index in [4.69, 9.17) is 20.5 Å². The predicted octanol–water partition coefficient (Wildman–Crippen LogP) is 4.41. The van der Waals surface area contributed by atoms with Crippen molar-refractivity contribution in [2.45, 2.75) is 52.2 Å². The zero-order valence-corrected chi connectivity index (χ0v) is 15.8. The first-order valence-corrected chi connectivity index (χ1v) is 8.82. The first kappa shape index (κ1) is 19.2. The molecule has 1 aliphatic heterocycles. The Bertz CT molecular complexity index is 641. The van der Waals surface area contributed by atoms with Crippen molar-refractivity contribution in [2.24, 2.45) is 0 Å². The molecule has 0 atom stereocenters. The van der Waals surface area contributed by atoms with Gasteiger partial charge in [0.15, 0.2) is 0 Å². The molecule has 1 fully saturated rings. The minimum absolute atomic E-state index is 0.217. The Labute approximate surface area is 148 Å². The van der Waals surface area contributed by atoms with Crippen molar-refractivity contribution in [3.8, 4) is 12.3 Å². The second-order valence-electron chi connectivity index (χ2n) is 6.83. The molecule has 1 aromatic heterocycles. The summed E-state index contributed by atoms with van der Waals surface area (Å²) in [5.74, 6) is 2.41. The highest BCUT2D eigenvalue weighted by atomic mass is 32.1. The molecule has 2 rings (SSSR count). The first-order valence-electron chi connectivity index (χ1n) is 8.00.